The first-order valence-electron chi connectivity index (χ1n) is 21.9. The van der Waals surface area contributed by atoms with Crippen LogP contribution in [0.1, 0.15) is 200 Å². The molecular weight excluding hydrogens is 658 g/mol. The Kier molecular flexibility index (Phi) is 32.4. The Labute approximate surface area is 318 Å². The van der Waals surface area contributed by atoms with E-state index < -0.39 is 49.5 Å². The van der Waals surface area contributed by atoms with Crippen molar-refractivity contribution in [3.05, 3.63) is 12.2 Å². The molecule has 7 unspecified atom stereocenters. The van der Waals surface area contributed by atoms with Gasteiger partial charge in [0, 0.05) is 6.42 Å². The zero-order valence-corrected chi connectivity index (χ0v) is 33.6. The molecule has 0 aromatic heterocycles. The van der Waals surface area contributed by atoms with E-state index in [4.69, 9.17) is 9.47 Å². The van der Waals surface area contributed by atoms with Crippen LogP contribution in [0.4, 0.5) is 0 Å². The van der Waals surface area contributed by atoms with Crippen molar-refractivity contribution in [3.63, 3.8) is 0 Å². The molecule has 1 amide bonds. The number of hydrogen-bond donors (Lipinski definition) is 6. The van der Waals surface area contributed by atoms with E-state index in [1.54, 1.807) is 0 Å². The number of amides is 1. The predicted octanol–water partition coefficient (Wildman–Crippen LogP) is 8.56. The highest BCUT2D eigenvalue weighted by atomic mass is 16.7. The van der Waals surface area contributed by atoms with Gasteiger partial charge in [0.15, 0.2) is 6.29 Å². The Morgan fingerprint density at radius 2 is 1.08 bits per heavy atom. The van der Waals surface area contributed by atoms with Crippen molar-refractivity contribution in [2.45, 2.75) is 243 Å². The molecule has 0 bridgehead atoms. The number of rotatable bonds is 36. The zero-order chi connectivity index (χ0) is 38.1. The van der Waals surface area contributed by atoms with Crippen LogP contribution in [0, 0.1) is 0 Å². The van der Waals surface area contributed by atoms with Crippen LogP contribution < -0.4 is 5.32 Å². The summed E-state index contributed by atoms with van der Waals surface area (Å²) in [5.41, 5.74) is 0. The van der Waals surface area contributed by atoms with Gasteiger partial charge in [-0.1, -0.05) is 167 Å². The van der Waals surface area contributed by atoms with E-state index in [1.807, 2.05) is 0 Å². The standard InChI is InChI=1S/C43H83NO8/c1-3-5-7-9-11-13-15-16-17-18-19-20-21-23-25-27-29-31-33-39(47)44-36(35-51-43-42(50)41(49)40(48)38(34-45)52-43)37(46)32-30-28-26-24-22-14-12-10-8-6-4-2/h17-18,36-38,40-43,45-46,48-50H,3-16,19-35H2,1-2H3,(H,44,47)/b18-17-. The van der Waals surface area contributed by atoms with Crippen LogP contribution in [0.3, 0.4) is 0 Å². The number of nitrogens with one attached hydrogen (secondary N) is 1. The van der Waals surface area contributed by atoms with Crippen LogP contribution in [0.25, 0.3) is 0 Å². The van der Waals surface area contributed by atoms with Gasteiger partial charge < -0.3 is 40.3 Å². The molecular formula is C43H83NO8. The molecule has 1 saturated heterocycles. The van der Waals surface area contributed by atoms with E-state index in [2.05, 4.69) is 31.3 Å². The fourth-order valence-corrected chi connectivity index (χ4v) is 7.04. The smallest absolute Gasteiger partial charge is 0.220 e. The molecule has 7 atom stereocenters. The highest BCUT2D eigenvalue weighted by Crippen LogP contribution is 2.23. The van der Waals surface area contributed by atoms with Crippen molar-refractivity contribution < 1.29 is 39.8 Å². The minimum Gasteiger partial charge on any atom is -0.394 e. The Bertz CT molecular complexity index is 827. The molecule has 0 aliphatic carbocycles. The molecule has 0 aromatic carbocycles. The summed E-state index contributed by atoms with van der Waals surface area (Å²) in [6.07, 6.45) is 30.7. The number of hydrogen-bond acceptors (Lipinski definition) is 8. The molecule has 0 spiro atoms. The lowest BCUT2D eigenvalue weighted by atomic mass is 9.99. The second-order valence-corrected chi connectivity index (χ2v) is 15.5. The van der Waals surface area contributed by atoms with E-state index in [0.29, 0.717) is 12.8 Å². The molecule has 1 fully saturated rings. The van der Waals surface area contributed by atoms with Crippen molar-refractivity contribution in [1.82, 2.24) is 5.32 Å². The Morgan fingerprint density at radius 3 is 1.56 bits per heavy atom. The normalized spacial score (nSPS) is 21.9. The summed E-state index contributed by atoms with van der Waals surface area (Å²) in [7, 11) is 0. The highest BCUT2D eigenvalue weighted by molar-refractivity contribution is 5.76. The van der Waals surface area contributed by atoms with E-state index in [9.17, 15) is 30.3 Å². The fraction of sp³-hybridized carbons (Fsp3) is 0.930. The minimum absolute atomic E-state index is 0.137. The Hall–Kier alpha value is -1.07. The Balaban J connectivity index is 2.33. The van der Waals surface area contributed by atoms with Crippen molar-refractivity contribution in [3.8, 4) is 0 Å². The maximum Gasteiger partial charge on any atom is 0.220 e. The van der Waals surface area contributed by atoms with E-state index in [-0.39, 0.29) is 12.5 Å². The SMILES string of the molecule is CCCCCCCCC/C=C\CCCCCCCCCC(=O)NC(COC1OC(CO)C(O)C(O)C1O)C(O)CCCCCCCCCCCCC. The first kappa shape index (κ1) is 48.9. The first-order valence-corrected chi connectivity index (χ1v) is 21.9. The van der Waals surface area contributed by atoms with Gasteiger partial charge in [0.1, 0.15) is 24.4 Å². The topological polar surface area (TPSA) is 149 Å². The number of ether oxygens (including phenoxy) is 2. The molecule has 9 heteroatoms. The number of carbonyl (C=O) groups is 1. The van der Waals surface area contributed by atoms with Crippen LogP contribution in [0.15, 0.2) is 12.2 Å². The van der Waals surface area contributed by atoms with E-state index in [1.165, 1.54) is 135 Å². The first-order chi connectivity index (χ1) is 25.3. The number of aliphatic hydroxyl groups excluding tert-OH is 5. The minimum atomic E-state index is -1.55. The van der Waals surface area contributed by atoms with Gasteiger partial charge in [-0.05, 0) is 38.5 Å². The maximum absolute atomic E-state index is 12.9. The van der Waals surface area contributed by atoms with Gasteiger partial charge in [-0.15, -0.1) is 0 Å². The summed E-state index contributed by atoms with van der Waals surface area (Å²) in [6, 6.07) is -0.715. The van der Waals surface area contributed by atoms with Gasteiger partial charge in [-0.25, -0.2) is 0 Å². The molecule has 1 heterocycles. The lowest BCUT2D eigenvalue weighted by Gasteiger charge is -2.40. The van der Waals surface area contributed by atoms with Crippen molar-refractivity contribution >= 4 is 5.91 Å². The van der Waals surface area contributed by atoms with Crippen LogP contribution in [0.5, 0.6) is 0 Å². The average Bonchev–Trinajstić information content (AvgIpc) is 3.14. The van der Waals surface area contributed by atoms with Crippen molar-refractivity contribution in [1.29, 1.82) is 0 Å². The summed E-state index contributed by atoms with van der Waals surface area (Å²) in [5.74, 6) is -0.149. The van der Waals surface area contributed by atoms with Crippen molar-refractivity contribution in [2.75, 3.05) is 13.2 Å². The molecule has 1 rings (SSSR count). The van der Waals surface area contributed by atoms with Gasteiger partial charge in [0.05, 0.1) is 25.4 Å². The number of unbranched alkanes of at least 4 members (excludes halogenated alkanes) is 24. The number of aliphatic hydroxyl groups is 5. The van der Waals surface area contributed by atoms with Gasteiger partial charge >= 0.3 is 0 Å². The lowest BCUT2D eigenvalue weighted by Crippen LogP contribution is -2.60. The summed E-state index contributed by atoms with van der Waals surface area (Å²) >= 11 is 0. The van der Waals surface area contributed by atoms with Crippen LogP contribution in [-0.4, -0.2) is 87.5 Å². The highest BCUT2D eigenvalue weighted by Gasteiger charge is 2.44. The maximum atomic E-state index is 12.9. The van der Waals surface area contributed by atoms with Gasteiger partial charge in [0.25, 0.3) is 0 Å². The van der Waals surface area contributed by atoms with Crippen LogP contribution in [0.2, 0.25) is 0 Å². The van der Waals surface area contributed by atoms with Gasteiger partial charge in [0.2, 0.25) is 5.91 Å². The monoisotopic (exact) mass is 742 g/mol. The second-order valence-electron chi connectivity index (χ2n) is 15.5. The van der Waals surface area contributed by atoms with Crippen LogP contribution >= 0.6 is 0 Å². The molecule has 0 aromatic rings. The third-order valence-corrected chi connectivity index (χ3v) is 10.6. The number of allylic oxidation sites excluding steroid dienone is 2. The predicted molar refractivity (Wildman–Crippen MR) is 212 cm³/mol. The van der Waals surface area contributed by atoms with E-state index >= 15 is 0 Å². The summed E-state index contributed by atoms with van der Waals surface area (Å²) in [5, 5.41) is 54.2. The molecule has 308 valence electrons. The summed E-state index contributed by atoms with van der Waals surface area (Å²) in [6.45, 7) is 3.81. The molecule has 1 aliphatic rings. The number of carbonyl (C=O) groups excluding carboxylic acids is 1. The fourth-order valence-electron chi connectivity index (χ4n) is 7.04. The second kappa shape index (κ2) is 34.4. The summed E-state index contributed by atoms with van der Waals surface area (Å²) in [4.78, 5) is 12.9. The molecule has 0 saturated carbocycles. The molecule has 0 radical (unpaired) electrons. The third kappa shape index (κ3) is 25.1. The molecule has 6 N–H and O–H groups in total. The van der Waals surface area contributed by atoms with E-state index in [0.717, 1.165) is 38.5 Å². The van der Waals surface area contributed by atoms with Crippen molar-refractivity contribution in [2.24, 2.45) is 0 Å². The average molecular weight is 742 g/mol. The molecule has 52 heavy (non-hydrogen) atoms. The zero-order valence-electron chi connectivity index (χ0n) is 33.6. The molecule has 1 aliphatic heterocycles. The largest absolute Gasteiger partial charge is 0.394 e. The lowest BCUT2D eigenvalue weighted by molar-refractivity contribution is -0.302. The molecule has 9 nitrogen and oxygen atoms in total. The van der Waals surface area contributed by atoms with Gasteiger partial charge in [-0.2, -0.15) is 0 Å². The van der Waals surface area contributed by atoms with Crippen LogP contribution in [-0.2, 0) is 14.3 Å². The Morgan fingerprint density at radius 1 is 0.635 bits per heavy atom. The summed E-state index contributed by atoms with van der Waals surface area (Å²) < 4.78 is 11.2. The third-order valence-electron chi connectivity index (χ3n) is 10.6. The van der Waals surface area contributed by atoms with Gasteiger partial charge in [-0.3, -0.25) is 4.79 Å². The quantitative estimate of drug-likeness (QED) is 0.0277.